The summed E-state index contributed by atoms with van der Waals surface area (Å²) in [6.07, 6.45) is 0.757. The van der Waals surface area contributed by atoms with Gasteiger partial charge < -0.3 is 19.4 Å². The summed E-state index contributed by atoms with van der Waals surface area (Å²) in [6.45, 7) is 8.50. The molecule has 0 spiro atoms. The zero-order chi connectivity index (χ0) is 22.3. The molecule has 10 heteroatoms. The van der Waals surface area contributed by atoms with Crippen LogP contribution in [-0.2, 0) is 16.4 Å². The summed E-state index contributed by atoms with van der Waals surface area (Å²) in [5.74, 6) is 2.43. The van der Waals surface area contributed by atoms with Crippen molar-refractivity contribution in [1.29, 1.82) is 0 Å². The maximum absolute atomic E-state index is 13.2. The van der Waals surface area contributed by atoms with Crippen molar-refractivity contribution in [1.82, 2.24) is 19.2 Å². The van der Waals surface area contributed by atoms with Crippen LogP contribution in [0.15, 0.2) is 29.2 Å². The number of aryl methyl sites for hydroxylation is 1. The number of aromatic nitrogens is 2. The van der Waals surface area contributed by atoms with E-state index in [1.807, 2.05) is 13.0 Å². The molecule has 1 aromatic heterocycles. The van der Waals surface area contributed by atoms with Crippen molar-refractivity contribution in [2.75, 3.05) is 75.8 Å². The number of sulfonamides is 1. The van der Waals surface area contributed by atoms with Crippen molar-refractivity contribution < 1.29 is 13.2 Å². The molecule has 172 valence electrons. The van der Waals surface area contributed by atoms with Crippen molar-refractivity contribution in [2.24, 2.45) is 0 Å². The molecule has 2 aromatic rings. The van der Waals surface area contributed by atoms with Gasteiger partial charge in [-0.1, -0.05) is 0 Å². The Morgan fingerprint density at radius 1 is 0.906 bits per heavy atom. The third-order valence-electron chi connectivity index (χ3n) is 6.48. The van der Waals surface area contributed by atoms with E-state index in [9.17, 15) is 8.42 Å². The van der Waals surface area contributed by atoms with Gasteiger partial charge in [-0.2, -0.15) is 9.29 Å². The lowest BCUT2D eigenvalue weighted by Crippen LogP contribution is -2.49. The van der Waals surface area contributed by atoms with E-state index in [0.717, 1.165) is 55.4 Å². The third-order valence-corrected chi connectivity index (χ3v) is 8.37. The average Bonchev–Trinajstić information content (AvgIpc) is 3.27. The summed E-state index contributed by atoms with van der Waals surface area (Å²) in [4.78, 5) is 16.5. The maximum Gasteiger partial charge on any atom is 0.243 e. The first kappa shape index (κ1) is 21.4. The predicted molar refractivity (Wildman–Crippen MR) is 123 cm³/mol. The molecule has 2 saturated heterocycles. The molecule has 2 fully saturated rings. The van der Waals surface area contributed by atoms with Crippen LogP contribution in [0.2, 0.25) is 0 Å². The molecule has 4 heterocycles. The largest absolute Gasteiger partial charge is 0.493 e. The first-order valence-electron chi connectivity index (χ1n) is 11.2. The van der Waals surface area contributed by atoms with Gasteiger partial charge in [0.25, 0.3) is 0 Å². The molecule has 0 saturated carbocycles. The van der Waals surface area contributed by atoms with Gasteiger partial charge in [0.15, 0.2) is 0 Å². The number of ether oxygens (including phenoxy) is 1. The van der Waals surface area contributed by atoms with E-state index in [-0.39, 0.29) is 0 Å². The minimum atomic E-state index is -3.53. The number of piperazine rings is 2. The van der Waals surface area contributed by atoms with E-state index >= 15 is 0 Å². The van der Waals surface area contributed by atoms with Gasteiger partial charge in [-0.3, -0.25) is 0 Å². The van der Waals surface area contributed by atoms with Crippen LogP contribution in [0.3, 0.4) is 0 Å². The van der Waals surface area contributed by atoms with Crippen LogP contribution in [-0.4, -0.2) is 93.6 Å². The lowest BCUT2D eigenvalue weighted by molar-refractivity contribution is 0.312. The molecule has 0 radical (unpaired) electrons. The Hall–Kier alpha value is -2.43. The zero-order valence-electron chi connectivity index (χ0n) is 18.7. The Labute approximate surface area is 189 Å². The summed E-state index contributed by atoms with van der Waals surface area (Å²) in [6, 6.07) is 7.22. The standard InChI is InChI=1S/C22H30N6O3S/c1-17-15-21(26-8-6-25(2)7-9-26)24-22(23-17)27-10-12-28(13-11-27)32(29,30)19-3-4-20-18(16-19)5-14-31-20/h3-4,15-16H,5-14H2,1-2H3. The predicted octanol–water partition coefficient (Wildman–Crippen LogP) is 0.983. The fraction of sp³-hybridized carbons (Fsp3) is 0.545. The van der Waals surface area contributed by atoms with Crippen molar-refractivity contribution in [3.63, 3.8) is 0 Å². The van der Waals surface area contributed by atoms with Crippen LogP contribution >= 0.6 is 0 Å². The van der Waals surface area contributed by atoms with E-state index in [4.69, 9.17) is 9.72 Å². The highest BCUT2D eigenvalue weighted by Gasteiger charge is 2.31. The fourth-order valence-corrected chi connectivity index (χ4v) is 5.95. The molecule has 0 amide bonds. The van der Waals surface area contributed by atoms with Gasteiger partial charge in [0.05, 0.1) is 11.5 Å². The highest BCUT2D eigenvalue weighted by molar-refractivity contribution is 7.89. The van der Waals surface area contributed by atoms with Crippen LogP contribution in [0.5, 0.6) is 5.75 Å². The molecule has 0 aliphatic carbocycles. The van der Waals surface area contributed by atoms with Crippen LogP contribution in [0.4, 0.5) is 11.8 Å². The number of benzene rings is 1. The molecule has 1 aromatic carbocycles. The second kappa shape index (κ2) is 8.49. The smallest absolute Gasteiger partial charge is 0.243 e. The second-order valence-electron chi connectivity index (χ2n) is 8.72. The van der Waals surface area contributed by atoms with Crippen molar-refractivity contribution in [3.05, 3.63) is 35.5 Å². The molecule has 0 unspecified atom stereocenters. The topological polar surface area (TPSA) is 82.1 Å². The van der Waals surface area contributed by atoms with E-state index < -0.39 is 10.0 Å². The molecule has 32 heavy (non-hydrogen) atoms. The fourth-order valence-electron chi connectivity index (χ4n) is 4.48. The average molecular weight is 459 g/mol. The molecule has 0 N–H and O–H groups in total. The van der Waals surface area contributed by atoms with Gasteiger partial charge in [0.1, 0.15) is 11.6 Å². The SMILES string of the molecule is Cc1cc(N2CCN(C)CC2)nc(N2CCN(S(=O)(=O)c3ccc4c(c3)CCO4)CC2)n1. The van der Waals surface area contributed by atoms with Gasteiger partial charge in [0.2, 0.25) is 16.0 Å². The first-order chi connectivity index (χ1) is 15.4. The number of fused-ring (bicyclic) bond motifs is 1. The summed E-state index contributed by atoms with van der Waals surface area (Å²) >= 11 is 0. The second-order valence-corrected chi connectivity index (χ2v) is 10.7. The zero-order valence-corrected chi connectivity index (χ0v) is 19.5. The number of likely N-dealkylation sites (N-methyl/N-ethyl adjacent to an activating group) is 1. The lowest BCUT2D eigenvalue weighted by atomic mass is 10.2. The third kappa shape index (κ3) is 4.14. The Morgan fingerprint density at radius 3 is 2.38 bits per heavy atom. The Kier molecular flexibility index (Phi) is 5.68. The number of hydrogen-bond donors (Lipinski definition) is 0. The quantitative estimate of drug-likeness (QED) is 0.671. The van der Waals surface area contributed by atoms with Crippen LogP contribution in [0.25, 0.3) is 0 Å². The summed E-state index contributed by atoms with van der Waals surface area (Å²) in [5.41, 5.74) is 1.90. The van der Waals surface area contributed by atoms with Gasteiger partial charge in [0, 0.05) is 70.5 Å². The number of anilines is 2. The van der Waals surface area contributed by atoms with Gasteiger partial charge in [-0.15, -0.1) is 0 Å². The Bertz CT molecular complexity index is 1090. The van der Waals surface area contributed by atoms with E-state index in [2.05, 4.69) is 26.7 Å². The molecule has 3 aliphatic rings. The summed E-state index contributed by atoms with van der Waals surface area (Å²) in [7, 11) is -1.39. The Morgan fingerprint density at radius 2 is 1.62 bits per heavy atom. The van der Waals surface area contributed by atoms with E-state index in [1.165, 1.54) is 0 Å². The molecule has 0 bridgehead atoms. The minimum absolute atomic E-state index is 0.347. The van der Waals surface area contributed by atoms with Crippen LogP contribution < -0.4 is 14.5 Å². The number of hydrogen-bond acceptors (Lipinski definition) is 8. The molecule has 5 rings (SSSR count). The number of rotatable bonds is 4. The van der Waals surface area contributed by atoms with Crippen molar-refractivity contribution in [2.45, 2.75) is 18.2 Å². The van der Waals surface area contributed by atoms with Crippen molar-refractivity contribution >= 4 is 21.8 Å². The Balaban J connectivity index is 1.28. The summed E-state index contributed by atoms with van der Waals surface area (Å²) in [5, 5.41) is 0. The highest BCUT2D eigenvalue weighted by Crippen LogP contribution is 2.29. The first-order valence-corrected chi connectivity index (χ1v) is 12.6. The summed E-state index contributed by atoms with van der Waals surface area (Å²) < 4.78 is 33.5. The van der Waals surface area contributed by atoms with Gasteiger partial charge in [-0.05, 0) is 37.7 Å². The number of nitrogens with zero attached hydrogens (tertiary/aromatic N) is 6. The molecular weight excluding hydrogens is 428 g/mol. The molecule has 0 atom stereocenters. The minimum Gasteiger partial charge on any atom is -0.493 e. The maximum atomic E-state index is 13.2. The monoisotopic (exact) mass is 458 g/mol. The molecular formula is C22H30N6O3S. The van der Waals surface area contributed by atoms with Crippen LogP contribution in [0.1, 0.15) is 11.3 Å². The highest BCUT2D eigenvalue weighted by atomic mass is 32.2. The lowest BCUT2D eigenvalue weighted by Gasteiger charge is -2.36. The van der Waals surface area contributed by atoms with Crippen LogP contribution in [0, 0.1) is 6.92 Å². The normalized spacial score (nSPS) is 20.3. The molecule has 9 nitrogen and oxygen atoms in total. The van der Waals surface area contributed by atoms with Gasteiger partial charge >= 0.3 is 0 Å². The van der Waals surface area contributed by atoms with Crippen molar-refractivity contribution in [3.8, 4) is 5.75 Å². The van der Waals surface area contributed by atoms with E-state index in [0.29, 0.717) is 43.6 Å². The molecule has 3 aliphatic heterocycles. The van der Waals surface area contributed by atoms with E-state index in [1.54, 1.807) is 22.5 Å². The van der Waals surface area contributed by atoms with Gasteiger partial charge in [-0.25, -0.2) is 13.4 Å².